The highest BCUT2D eigenvalue weighted by molar-refractivity contribution is 7.97. The van der Waals surface area contributed by atoms with Crippen molar-refractivity contribution in [2.24, 2.45) is 0 Å². The van der Waals surface area contributed by atoms with Gasteiger partial charge in [-0.3, -0.25) is 0 Å². The largest absolute Gasteiger partial charge is 0.385 e. The first-order chi connectivity index (χ1) is 8.38. The predicted molar refractivity (Wildman–Crippen MR) is 78.0 cm³/mol. The Kier molecular flexibility index (Phi) is 4.88. The van der Waals surface area contributed by atoms with Crippen molar-refractivity contribution >= 4 is 28.8 Å². The maximum atomic E-state index is 4.59. The standard InChI is InChI=1S/C13H16N2S2/c1-16-10-13-15-12(9-17-13)7-8-14-11-5-3-2-4-6-11/h2-6,9,14H,7-8,10H2,1H3. The first-order valence-corrected chi connectivity index (χ1v) is 7.87. The molecule has 0 aliphatic rings. The Bertz CT molecular complexity index is 440. The Morgan fingerprint density at radius 1 is 1.29 bits per heavy atom. The third-order valence-electron chi connectivity index (χ3n) is 2.35. The zero-order valence-corrected chi connectivity index (χ0v) is 11.5. The molecule has 0 radical (unpaired) electrons. The Morgan fingerprint density at radius 2 is 2.12 bits per heavy atom. The van der Waals surface area contributed by atoms with Gasteiger partial charge in [-0.05, 0) is 18.4 Å². The number of para-hydroxylation sites is 1. The summed E-state index contributed by atoms with van der Waals surface area (Å²) in [5, 5.41) is 6.79. The van der Waals surface area contributed by atoms with Crippen molar-refractivity contribution in [3.63, 3.8) is 0 Å². The molecule has 0 amide bonds. The van der Waals surface area contributed by atoms with Gasteiger partial charge in [-0.2, -0.15) is 11.8 Å². The van der Waals surface area contributed by atoms with Gasteiger partial charge >= 0.3 is 0 Å². The van der Waals surface area contributed by atoms with Gasteiger partial charge in [0.05, 0.1) is 5.69 Å². The lowest BCUT2D eigenvalue weighted by Crippen LogP contribution is -2.04. The number of hydrogen-bond acceptors (Lipinski definition) is 4. The minimum atomic E-state index is 0.937. The van der Waals surface area contributed by atoms with E-state index in [4.69, 9.17) is 0 Å². The molecule has 0 saturated heterocycles. The number of benzene rings is 1. The van der Waals surface area contributed by atoms with Crippen LogP contribution in [0.2, 0.25) is 0 Å². The van der Waals surface area contributed by atoms with Gasteiger partial charge in [0, 0.05) is 29.8 Å². The second-order valence-corrected chi connectivity index (χ2v) is 5.52. The predicted octanol–water partition coefficient (Wildman–Crippen LogP) is 3.66. The van der Waals surface area contributed by atoms with E-state index in [0.717, 1.165) is 18.7 Å². The zero-order chi connectivity index (χ0) is 11.9. The molecule has 0 saturated carbocycles. The van der Waals surface area contributed by atoms with E-state index in [1.165, 1.54) is 16.4 Å². The van der Waals surface area contributed by atoms with E-state index < -0.39 is 0 Å². The second-order valence-electron chi connectivity index (χ2n) is 3.71. The molecule has 0 spiro atoms. The average Bonchev–Trinajstić information content (AvgIpc) is 2.79. The lowest BCUT2D eigenvalue weighted by atomic mass is 10.3. The molecule has 1 heterocycles. The van der Waals surface area contributed by atoms with Crippen molar-refractivity contribution in [3.8, 4) is 0 Å². The zero-order valence-electron chi connectivity index (χ0n) is 9.85. The average molecular weight is 264 g/mol. The highest BCUT2D eigenvalue weighted by Gasteiger charge is 2.01. The fourth-order valence-electron chi connectivity index (χ4n) is 1.54. The Morgan fingerprint density at radius 3 is 2.88 bits per heavy atom. The van der Waals surface area contributed by atoms with Crippen LogP contribution in [0.5, 0.6) is 0 Å². The number of thioether (sulfide) groups is 1. The lowest BCUT2D eigenvalue weighted by Gasteiger charge is -2.03. The summed E-state index contributed by atoms with van der Waals surface area (Å²) < 4.78 is 0. The third-order valence-corrected chi connectivity index (χ3v) is 3.99. The lowest BCUT2D eigenvalue weighted by molar-refractivity contribution is 0.967. The monoisotopic (exact) mass is 264 g/mol. The van der Waals surface area contributed by atoms with Crippen LogP contribution in [-0.4, -0.2) is 17.8 Å². The minimum Gasteiger partial charge on any atom is -0.385 e. The molecular formula is C13H16N2S2. The van der Waals surface area contributed by atoms with Crippen molar-refractivity contribution in [1.82, 2.24) is 4.98 Å². The molecule has 17 heavy (non-hydrogen) atoms. The Hall–Kier alpha value is -1.00. The van der Waals surface area contributed by atoms with Crippen molar-refractivity contribution in [2.45, 2.75) is 12.2 Å². The van der Waals surface area contributed by atoms with Gasteiger partial charge in [0.25, 0.3) is 0 Å². The van der Waals surface area contributed by atoms with E-state index in [1.54, 1.807) is 11.3 Å². The molecule has 0 unspecified atom stereocenters. The molecule has 0 atom stereocenters. The van der Waals surface area contributed by atoms with Crippen molar-refractivity contribution in [3.05, 3.63) is 46.4 Å². The maximum absolute atomic E-state index is 4.59. The van der Waals surface area contributed by atoms with Crippen LogP contribution in [0, 0.1) is 0 Å². The molecule has 1 aromatic heterocycles. The van der Waals surface area contributed by atoms with Gasteiger partial charge in [-0.15, -0.1) is 11.3 Å². The van der Waals surface area contributed by atoms with Crippen LogP contribution < -0.4 is 5.32 Å². The highest BCUT2D eigenvalue weighted by atomic mass is 32.2. The quantitative estimate of drug-likeness (QED) is 0.862. The third kappa shape index (κ3) is 4.06. The molecule has 2 nitrogen and oxygen atoms in total. The van der Waals surface area contributed by atoms with Crippen molar-refractivity contribution in [2.75, 3.05) is 18.1 Å². The van der Waals surface area contributed by atoms with Gasteiger partial charge in [0.2, 0.25) is 0 Å². The summed E-state index contributed by atoms with van der Waals surface area (Å²) in [6, 6.07) is 10.3. The SMILES string of the molecule is CSCc1nc(CCNc2ccccc2)cs1. The first kappa shape index (κ1) is 12.5. The topological polar surface area (TPSA) is 24.9 Å². The van der Waals surface area contributed by atoms with E-state index in [9.17, 15) is 0 Å². The molecule has 0 aliphatic carbocycles. The molecule has 4 heteroatoms. The van der Waals surface area contributed by atoms with Crippen LogP contribution in [0.3, 0.4) is 0 Å². The normalized spacial score (nSPS) is 10.4. The number of aromatic nitrogens is 1. The van der Waals surface area contributed by atoms with E-state index in [0.29, 0.717) is 0 Å². The van der Waals surface area contributed by atoms with Gasteiger partial charge < -0.3 is 5.32 Å². The highest BCUT2D eigenvalue weighted by Crippen LogP contribution is 2.15. The molecule has 2 rings (SSSR count). The number of nitrogens with one attached hydrogen (secondary N) is 1. The summed E-state index contributed by atoms with van der Waals surface area (Å²) in [6.07, 6.45) is 3.10. The summed E-state index contributed by atoms with van der Waals surface area (Å²) in [7, 11) is 0. The van der Waals surface area contributed by atoms with Crippen LogP contribution in [0.25, 0.3) is 0 Å². The number of hydrogen-bond donors (Lipinski definition) is 1. The summed E-state index contributed by atoms with van der Waals surface area (Å²) in [5.74, 6) is 1.02. The molecule has 1 aromatic carbocycles. The molecule has 0 aliphatic heterocycles. The summed E-state index contributed by atoms with van der Waals surface area (Å²) in [5.41, 5.74) is 2.37. The molecular weight excluding hydrogens is 248 g/mol. The summed E-state index contributed by atoms with van der Waals surface area (Å²) in [4.78, 5) is 4.59. The van der Waals surface area contributed by atoms with Crippen LogP contribution >= 0.6 is 23.1 Å². The summed E-state index contributed by atoms with van der Waals surface area (Å²) >= 11 is 3.58. The smallest absolute Gasteiger partial charge is 0.103 e. The molecule has 2 aromatic rings. The second kappa shape index (κ2) is 6.67. The minimum absolute atomic E-state index is 0.937. The van der Waals surface area contributed by atoms with E-state index >= 15 is 0 Å². The van der Waals surface area contributed by atoms with Crippen molar-refractivity contribution in [1.29, 1.82) is 0 Å². The van der Waals surface area contributed by atoms with Crippen molar-refractivity contribution < 1.29 is 0 Å². The number of anilines is 1. The van der Waals surface area contributed by atoms with Gasteiger partial charge in [0.15, 0.2) is 0 Å². The molecule has 0 bridgehead atoms. The fourth-order valence-corrected chi connectivity index (χ4v) is 3.09. The Balaban J connectivity index is 1.78. The van der Waals surface area contributed by atoms with Crippen LogP contribution in [0.4, 0.5) is 5.69 Å². The van der Waals surface area contributed by atoms with E-state index in [-0.39, 0.29) is 0 Å². The molecule has 1 N–H and O–H groups in total. The first-order valence-electron chi connectivity index (χ1n) is 5.59. The van der Waals surface area contributed by atoms with Crippen LogP contribution in [0.15, 0.2) is 35.7 Å². The number of nitrogens with zero attached hydrogens (tertiary/aromatic N) is 1. The summed E-state index contributed by atoms with van der Waals surface area (Å²) in [6.45, 7) is 0.937. The van der Waals surface area contributed by atoms with Gasteiger partial charge in [-0.1, -0.05) is 18.2 Å². The molecule has 90 valence electrons. The van der Waals surface area contributed by atoms with E-state index in [1.807, 2.05) is 30.0 Å². The molecule has 0 fully saturated rings. The maximum Gasteiger partial charge on any atom is 0.103 e. The van der Waals surface area contributed by atoms with E-state index in [2.05, 4.69) is 34.1 Å². The van der Waals surface area contributed by atoms with Crippen LogP contribution in [-0.2, 0) is 12.2 Å². The Labute approximate surface area is 110 Å². The fraction of sp³-hybridized carbons (Fsp3) is 0.308. The van der Waals surface area contributed by atoms with Crippen LogP contribution in [0.1, 0.15) is 10.7 Å². The van der Waals surface area contributed by atoms with Gasteiger partial charge in [0.1, 0.15) is 5.01 Å². The number of rotatable bonds is 6. The number of thiazole rings is 1. The van der Waals surface area contributed by atoms with Gasteiger partial charge in [-0.25, -0.2) is 4.98 Å².